The van der Waals surface area contributed by atoms with Crippen molar-refractivity contribution in [3.05, 3.63) is 64.2 Å². The molecule has 0 amide bonds. The second-order valence-corrected chi connectivity index (χ2v) is 9.89. The van der Waals surface area contributed by atoms with Crippen LogP contribution in [0, 0.1) is 19.8 Å². The predicted octanol–water partition coefficient (Wildman–Crippen LogP) is 6.34. The lowest BCUT2D eigenvalue weighted by Crippen LogP contribution is -2.25. The largest absolute Gasteiger partial charge is 0.426 e. The number of ether oxygens (including phenoxy) is 1. The molecule has 2 rings (SSSR count). The van der Waals surface area contributed by atoms with Crippen LogP contribution in [0.5, 0.6) is 5.75 Å². The molecule has 0 spiro atoms. The quantitative estimate of drug-likeness (QED) is 0.304. The molecule has 4 heteroatoms. The number of hydrogen-bond donors (Lipinski definition) is 1. The van der Waals surface area contributed by atoms with Crippen LogP contribution < -0.4 is 4.74 Å². The number of esters is 1. The summed E-state index contributed by atoms with van der Waals surface area (Å²) in [5.74, 6) is 0.432. The highest BCUT2D eigenvalue weighted by Gasteiger charge is 2.30. The molecule has 2 aromatic carbocycles. The first kappa shape index (κ1) is 24.2. The Balaban J connectivity index is 2.30. The van der Waals surface area contributed by atoms with Gasteiger partial charge in [-0.25, -0.2) is 0 Å². The number of carbonyl (C=O) groups is 2. The van der Waals surface area contributed by atoms with E-state index in [0.29, 0.717) is 11.7 Å². The van der Waals surface area contributed by atoms with E-state index in [-0.39, 0.29) is 23.4 Å². The molecule has 1 atom stereocenters. The molecule has 0 heterocycles. The van der Waals surface area contributed by atoms with Crippen LogP contribution in [0.3, 0.4) is 0 Å². The zero-order chi connectivity index (χ0) is 22.6. The van der Waals surface area contributed by atoms with Crippen molar-refractivity contribution in [2.75, 3.05) is 0 Å². The fourth-order valence-electron chi connectivity index (χ4n) is 4.09. The zero-order valence-electron chi connectivity index (χ0n) is 19.2. The summed E-state index contributed by atoms with van der Waals surface area (Å²) in [7, 11) is 0. The second kappa shape index (κ2) is 9.82. The molecule has 0 aliphatic rings. The molecule has 0 aromatic heterocycles. The summed E-state index contributed by atoms with van der Waals surface area (Å²) >= 11 is 3.96. The molecule has 0 aliphatic carbocycles. The second-order valence-electron chi connectivity index (χ2n) is 9.39. The Hall–Kier alpha value is -2.07. The number of hydrogen-bond acceptors (Lipinski definition) is 3. The highest BCUT2D eigenvalue weighted by molar-refractivity contribution is 7.96. The molecule has 30 heavy (non-hydrogen) atoms. The van der Waals surface area contributed by atoms with E-state index in [9.17, 15) is 9.59 Å². The van der Waals surface area contributed by atoms with Gasteiger partial charge in [0.1, 0.15) is 5.75 Å². The van der Waals surface area contributed by atoms with E-state index in [2.05, 4.69) is 38.6 Å². The van der Waals surface area contributed by atoms with Gasteiger partial charge in [-0.15, -0.1) is 12.6 Å². The van der Waals surface area contributed by atoms with E-state index >= 15 is 0 Å². The lowest BCUT2D eigenvalue weighted by atomic mass is 9.78. The Labute approximate surface area is 186 Å². The Morgan fingerprint density at radius 3 is 2.17 bits per heavy atom. The summed E-state index contributed by atoms with van der Waals surface area (Å²) in [5, 5.41) is -0.188. The fraction of sp³-hybridized carbons (Fsp3) is 0.462. The van der Waals surface area contributed by atoms with E-state index in [0.717, 1.165) is 28.7 Å². The SMILES string of the molecule is Cc1cc(C)c(C(C)(C)CC(=O)S)c(OC(=O)[C@@H](C)c2ccc(CC(C)C)cc2)c1. The number of carbonyl (C=O) groups excluding carboxylic acids is 2. The molecule has 0 unspecified atom stereocenters. The maximum Gasteiger partial charge on any atom is 0.318 e. The van der Waals surface area contributed by atoms with Gasteiger partial charge >= 0.3 is 5.97 Å². The third kappa shape index (κ3) is 6.21. The molecular weight excluding hydrogens is 392 g/mol. The van der Waals surface area contributed by atoms with Crippen LogP contribution in [-0.4, -0.2) is 11.1 Å². The first-order valence-corrected chi connectivity index (χ1v) is 11.0. The summed E-state index contributed by atoms with van der Waals surface area (Å²) in [6.07, 6.45) is 1.28. The van der Waals surface area contributed by atoms with Crippen molar-refractivity contribution < 1.29 is 14.3 Å². The highest BCUT2D eigenvalue weighted by Crippen LogP contribution is 2.39. The molecule has 0 saturated heterocycles. The van der Waals surface area contributed by atoms with Crippen LogP contribution in [0.4, 0.5) is 0 Å². The Morgan fingerprint density at radius 1 is 1.03 bits per heavy atom. The Kier molecular flexibility index (Phi) is 7.93. The smallest absolute Gasteiger partial charge is 0.318 e. The predicted molar refractivity (Wildman–Crippen MR) is 127 cm³/mol. The summed E-state index contributed by atoms with van der Waals surface area (Å²) in [4.78, 5) is 24.7. The minimum atomic E-state index is -0.492. The average Bonchev–Trinajstić information content (AvgIpc) is 2.59. The van der Waals surface area contributed by atoms with Gasteiger partial charge in [-0.1, -0.05) is 58.0 Å². The van der Waals surface area contributed by atoms with Crippen LogP contribution in [-0.2, 0) is 21.4 Å². The van der Waals surface area contributed by atoms with E-state index in [1.807, 2.05) is 58.9 Å². The van der Waals surface area contributed by atoms with Crippen molar-refractivity contribution in [1.29, 1.82) is 0 Å². The topological polar surface area (TPSA) is 43.4 Å². The van der Waals surface area contributed by atoms with E-state index in [4.69, 9.17) is 4.74 Å². The van der Waals surface area contributed by atoms with E-state index < -0.39 is 5.41 Å². The maximum absolute atomic E-state index is 13.0. The summed E-state index contributed by atoms with van der Waals surface area (Å²) < 4.78 is 5.91. The molecular formula is C26H34O3S. The minimum absolute atomic E-state index is 0.188. The van der Waals surface area contributed by atoms with Crippen molar-refractivity contribution in [3.8, 4) is 5.75 Å². The monoisotopic (exact) mass is 426 g/mol. The lowest BCUT2D eigenvalue weighted by molar-refractivity contribution is -0.135. The van der Waals surface area contributed by atoms with Gasteiger partial charge in [-0.2, -0.15) is 0 Å². The Bertz CT molecular complexity index is 911. The van der Waals surface area contributed by atoms with Crippen LogP contribution in [0.15, 0.2) is 36.4 Å². The van der Waals surface area contributed by atoms with Crippen LogP contribution in [0.1, 0.15) is 74.8 Å². The summed E-state index contributed by atoms with van der Waals surface area (Å²) in [6.45, 7) is 14.2. The number of rotatable bonds is 8. The van der Waals surface area contributed by atoms with Gasteiger partial charge < -0.3 is 4.74 Å². The molecule has 162 valence electrons. The fourth-order valence-corrected chi connectivity index (χ4v) is 4.48. The van der Waals surface area contributed by atoms with Gasteiger partial charge in [-0.3, -0.25) is 9.59 Å². The third-order valence-electron chi connectivity index (χ3n) is 5.40. The molecule has 3 nitrogen and oxygen atoms in total. The van der Waals surface area contributed by atoms with Crippen molar-refractivity contribution in [1.82, 2.24) is 0 Å². The molecule has 0 fully saturated rings. The van der Waals surface area contributed by atoms with Gasteiger partial charge in [0.15, 0.2) is 5.12 Å². The summed E-state index contributed by atoms with van der Waals surface area (Å²) in [6, 6.07) is 12.1. The number of benzene rings is 2. The molecule has 0 N–H and O–H groups in total. The summed E-state index contributed by atoms with van der Waals surface area (Å²) in [5.41, 5.74) is 4.60. The van der Waals surface area contributed by atoms with Gasteiger partial charge in [-0.05, 0) is 61.4 Å². The van der Waals surface area contributed by atoms with Crippen LogP contribution in [0.25, 0.3) is 0 Å². The van der Waals surface area contributed by atoms with Crippen LogP contribution >= 0.6 is 12.6 Å². The number of aryl methyl sites for hydroxylation is 2. The van der Waals surface area contributed by atoms with Gasteiger partial charge in [0, 0.05) is 17.4 Å². The normalized spacial score (nSPS) is 12.7. The van der Waals surface area contributed by atoms with Gasteiger partial charge in [0.05, 0.1) is 5.92 Å². The first-order chi connectivity index (χ1) is 13.9. The van der Waals surface area contributed by atoms with E-state index in [1.54, 1.807) is 0 Å². The molecule has 0 aliphatic heterocycles. The number of thiol groups is 1. The maximum atomic E-state index is 13.0. The lowest BCUT2D eigenvalue weighted by Gasteiger charge is -2.28. The molecule has 0 radical (unpaired) electrons. The molecule has 0 saturated carbocycles. The van der Waals surface area contributed by atoms with Gasteiger partial charge in [0.2, 0.25) is 0 Å². The van der Waals surface area contributed by atoms with Crippen molar-refractivity contribution in [3.63, 3.8) is 0 Å². The Morgan fingerprint density at radius 2 is 1.63 bits per heavy atom. The van der Waals surface area contributed by atoms with Crippen molar-refractivity contribution in [2.24, 2.45) is 5.92 Å². The first-order valence-electron chi connectivity index (χ1n) is 10.5. The zero-order valence-corrected chi connectivity index (χ0v) is 20.1. The van der Waals surface area contributed by atoms with Crippen LogP contribution in [0.2, 0.25) is 0 Å². The minimum Gasteiger partial charge on any atom is -0.426 e. The van der Waals surface area contributed by atoms with Crippen molar-refractivity contribution in [2.45, 2.75) is 72.6 Å². The standard InChI is InChI=1S/C26H34O3S/c1-16(2)12-20-8-10-21(11-9-20)19(5)25(28)29-22-14-17(3)13-18(4)24(22)26(6,7)15-23(27)30/h8-11,13-14,16,19H,12,15H2,1-7H3,(H,27,30)/t19-/m0/s1. The van der Waals surface area contributed by atoms with Crippen molar-refractivity contribution >= 4 is 23.7 Å². The molecule has 0 bridgehead atoms. The van der Waals surface area contributed by atoms with Gasteiger partial charge in [0.25, 0.3) is 0 Å². The van der Waals surface area contributed by atoms with E-state index in [1.165, 1.54) is 5.56 Å². The highest BCUT2D eigenvalue weighted by atomic mass is 32.1. The molecule has 2 aromatic rings. The average molecular weight is 427 g/mol. The third-order valence-corrected chi connectivity index (χ3v) is 5.56.